The van der Waals surface area contributed by atoms with Gasteiger partial charge in [0.05, 0.1) is 18.1 Å². The van der Waals surface area contributed by atoms with E-state index < -0.39 is 0 Å². The minimum atomic E-state index is 0.199. The van der Waals surface area contributed by atoms with Crippen molar-refractivity contribution in [1.82, 2.24) is 19.9 Å². The first kappa shape index (κ1) is 21.3. The topological polar surface area (TPSA) is 83.4 Å². The summed E-state index contributed by atoms with van der Waals surface area (Å²) in [5.41, 5.74) is 2.53. The Labute approximate surface area is 182 Å². The lowest BCUT2D eigenvalue weighted by molar-refractivity contribution is 0.109. The number of piperidine rings is 1. The smallest absolute Gasteiger partial charge is 0.232 e. The Hall–Kier alpha value is -1.96. The standard InChI is InChI=1S/C22H30ClN5O2/c1-28-8-6-17(7-9-28)30-22-13-24-20(12-26-22)18-11-25-21(23)10-19(18)27-16-4-2-15(14-29)3-5-16/h10-13,15-17,29H,2-9,14H2,1H3,(H,25,27). The van der Waals surface area contributed by atoms with E-state index in [0.717, 1.165) is 68.6 Å². The van der Waals surface area contributed by atoms with Crippen molar-refractivity contribution in [1.29, 1.82) is 0 Å². The number of pyridine rings is 1. The summed E-state index contributed by atoms with van der Waals surface area (Å²) in [6.07, 6.45) is 11.5. The van der Waals surface area contributed by atoms with Crippen LogP contribution < -0.4 is 10.1 Å². The van der Waals surface area contributed by atoms with Crippen LogP contribution in [0.15, 0.2) is 24.7 Å². The molecule has 1 aliphatic carbocycles. The minimum Gasteiger partial charge on any atom is -0.473 e. The molecule has 2 aromatic heterocycles. The summed E-state index contributed by atoms with van der Waals surface area (Å²) in [6.45, 7) is 2.37. The number of anilines is 1. The summed E-state index contributed by atoms with van der Waals surface area (Å²) in [5, 5.41) is 13.4. The van der Waals surface area contributed by atoms with Gasteiger partial charge < -0.3 is 20.1 Å². The van der Waals surface area contributed by atoms with E-state index >= 15 is 0 Å². The molecule has 2 N–H and O–H groups in total. The van der Waals surface area contributed by atoms with E-state index in [9.17, 15) is 5.11 Å². The van der Waals surface area contributed by atoms with Gasteiger partial charge in [0.15, 0.2) is 0 Å². The molecule has 0 atom stereocenters. The highest BCUT2D eigenvalue weighted by atomic mass is 35.5. The number of hydrogen-bond donors (Lipinski definition) is 2. The molecule has 0 aromatic carbocycles. The van der Waals surface area contributed by atoms with Crippen molar-refractivity contribution in [2.75, 3.05) is 32.1 Å². The van der Waals surface area contributed by atoms with Crippen LogP contribution >= 0.6 is 11.6 Å². The summed E-state index contributed by atoms with van der Waals surface area (Å²) in [4.78, 5) is 15.6. The molecule has 2 fully saturated rings. The number of halogens is 1. The molecule has 0 radical (unpaired) electrons. The Balaban J connectivity index is 1.44. The zero-order chi connectivity index (χ0) is 20.9. The van der Waals surface area contributed by atoms with Gasteiger partial charge in [0.1, 0.15) is 11.3 Å². The highest BCUT2D eigenvalue weighted by Gasteiger charge is 2.22. The van der Waals surface area contributed by atoms with Gasteiger partial charge in [-0.1, -0.05) is 11.6 Å². The molecule has 4 rings (SSSR count). The zero-order valence-corrected chi connectivity index (χ0v) is 18.2. The number of aliphatic hydroxyl groups excluding tert-OH is 1. The number of likely N-dealkylation sites (tertiary alicyclic amines) is 1. The average molecular weight is 432 g/mol. The number of nitrogens with zero attached hydrogens (tertiary/aromatic N) is 4. The monoisotopic (exact) mass is 431 g/mol. The lowest BCUT2D eigenvalue weighted by Gasteiger charge is -2.29. The summed E-state index contributed by atoms with van der Waals surface area (Å²) < 4.78 is 6.01. The van der Waals surface area contributed by atoms with Crippen molar-refractivity contribution < 1.29 is 9.84 Å². The molecule has 1 saturated heterocycles. The molecule has 2 aliphatic rings. The lowest BCUT2D eigenvalue weighted by Crippen LogP contribution is -2.35. The van der Waals surface area contributed by atoms with Gasteiger partial charge in [-0.25, -0.2) is 15.0 Å². The first-order chi connectivity index (χ1) is 14.6. The van der Waals surface area contributed by atoms with E-state index in [-0.39, 0.29) is 12.7 Å². The predicted molar refractivity (Wildman–Crippen MR) is 118 cm³/mol. The molecule has 2 aromatic rings. The van der Waals surface area contributed by atoms with E-state index in [4.69, 9.17) is 16.3 Å². The summed E-state index contributed by atoms with van der Waals surface area (Å²) in [6, 6.07) is 2.20. The summed E-state index contributed by atoms with van der Waals surface area (Å²) in [5.74, 6) is 0.985. The molecule has 1 aliphatic heterocycles. The summed E-state index contributed by atoms with van der Waals surface area (Å²) >= 11 is 6.17. The Morgan fingerprint density at radius 3 is 2.50 bits per heavy atom. The number of nitrogens with one attached hydrogen (secondary N) is 1. The van der Waals surface area contributed by atoms with Crippen LogP contribution in [0.4, 0.5) is 5.69 Å². The molecule has 0 bridgehead atoms. The quantitative estimate of drug-likeness (QED) is 0.675. The van der Waals surface area contributed by atoms with Crippen LogP contribution in [0.2, 0.25) is 5.15 Å². The van der Waals surface area contributed by atoms with Crippen LogP contribution in [0, 0.1) is 5.92 Å². The normalized spacial score (nSPS) is 23.3. The number of rotatable bonds is 6. The number of ether oxygens (including phenoxy) is 1. The second-order valence-electron chi connectivity index (χ2n) is 8.46. The van der Waals surface area contributed by atoms with Crippen LogP contribution in [0.3, 0.4) is 0 Å². The van der Waals surface area contributed by atoms with Gasteiger partial charge in [0.25, 0.3) is 0 Å². The van der Waals surface area contributed by atoms with Gasteiger partial charge in [-0.2, -0.15) is 0 Å². The van der Waals surface area contributed by atoms with Crippen molar-refractivity contribution in [2.24, 2.45) is 5.92 Å². The van der Waals surface area contributed by atoms with Crippen LogP contribution in [-0.2, 0) is 0 Å². The summed E-state index contributed by atoms with van der Waals surface area (Å²) in [7, 11) is 2.13. The van der Waals surface area contributed by atoms with E-state index in [1.807, 2.05) is 6.07 Å². The Bertz CT molecular complexity index is 819. The number of aliphatic hydroxyl groups is 1. The average Bonchev–Trinajstić information content (AvgIpc) is 2.77. The third-order valence-corrected chi connectivity index (χ3v) is 6.40. The van der Waals surface area contributed by atoms with Crippen LogP contribution in [-0.4, -0.2) is 63.8 Å². The SMILES string of the molecule is CN1CCC(Oc2cnc(-c3cnc(Cl)cc3NC3CCC(CO)CC3)cn2)CC1. The van der Waals surface area contributed by atoms with Crippen LogP contribution in [0.5, 0.6) is 5.88 Å². The third kappa shape index (κ3) is 5.39. The van der Waals surface area contributed by atoms with Gasteiger partial charge in [0, 0.05) is 43.2 Å². The maximum Gasteiger partial charge on any atom is 0.232 e. The maximum atomic E-state index is 9.36. The fourth-order valence-electron chi connectivity index (χ4n) is 4.25. The highest BCUT2D eigenvalue weighted by molar-refractivity contribution is 6.29. The molecular weight excluding hydrogens is 402 g/mol. The zero-order valence-electron chi connectivity index (χ0n) is 17.4. The molecule has 0 amide bonds. The maximum absolute atomic E-state index is 9.36. The number of hydrogen-bond acceptors (Lipinski definition) is 7. The second-order valence-corrected chi connectivity index (χ2v) is 8.84. The third-order valence-electron chi connectivity index (χ3n) is 6.19. The van der Waals surface area contributed by atoms with Gasteiger partial charge in [-0.3, -0.25) is 0 Å². The minimum absolute atomic E-state index is 0.199. The molecule has 8 heteroatoms. The Kier molecular flexibility index (Phi) is 7.02. The van der Waals surface area contributed by atoms with Crippen molar-refractivity contribution in [3.8, 4) is 17.1 Å². The van der Waals surface area contributed by atoms with Crippen LogP contribution in [0.1, 0.15) is 38.5 Å². The van der Waals surface area contributed by atoms with Crippen molar-refractivity contribution >= 4 is 17.3 Å². The predicted octanol–water partition coefficient (Wildman–Crippen LogP) is 3.63. The highest BCUT2D eigenvalue weighted by Crippen LogP contribution is 2.32. The molecule has 3 heterocycles. The van der Waals surface area contributed by atoms with E-state index in [0.29, 0.717) is 23.0 Å². The first-order valence-corrected chi connectivity index (χ1v) is 11.2. The molecule has 0 spiro atoms. The second kappa shape index (κ2) is 9.90. The van der Waals surface area contributed by atoms with Gasteiger partial charge in [-0.15, -0.1) is 0 Å². The van der Waals surface area contributed by atoms with E-state index in [2.05, 4.69) is 32.2 Å². The van der Waals surface area contributed by atoms with E-state index in [1.165, 1.54) is 0 Å². The number of aromatic nitrogens is 3. The molecule has 0 unspecified atom stereocenters. The van der Waals surface area contributed by atoms with Gasteiger partial charge in [-0.05, 0) is 57.6 Å². The van der Waals surface area contributed by atoms with E-state index in [1.54, 1.807) is 18.6 Å². The first-order valence-electron chi connectivity index (χ1n) is 10.8. The Morgan fingerprint density at radius 1 is 1.07 bits per heavy atom. The molecule has 1 saturated carbocycles. The fourth-order valence-corrected chi connectivity index (χ4v) is 4.41. The van der Waals surface area contributed by atoms with Crippen molar-refractivity contribution in [2.45, 2.75) is 50.7 Å². The molecule has 162 valence electrons. The van der Waals surface area contributed by atoms with Crippen molar-refractivity contribution in [3.63, 3.8) is 0 Å². The molecule has 7 nitrogen and oxygen atoms in total. The van der Waals surface area contributed by atoms with Gasteiger partial charge >= 0.3 is 0 Å². The molecular formula is C22H30ClN5O2. The lowest BCUT2D eigenvalue weighted by atomic mass is 9.86. The molecule has 30 heavy (non-hydrogen) atoms. The fraction of sp³-hybridized carbons (Fsp3) is 0.591. The Morgan fingerprint density at radius 2 is 1.83 bits per heavy atom. The van der Waals surface area contributed by atoms with Crippen molar-refractivity contribution in [3.05, 3.63) is 29.8 Å². The van der Waals surface area contributed by atoms with Gasteiger partial charge in [0.2, 0.25) is 5.88 Å². The largest absolute Gasteiger partial charge is 0.473 e. The van der Waals surface area contributed by atoms with Crippen LogP contribution in [0.25, 0.3) is 11.3 Å².